The van der Waals surface area contributed by atoms with E-state index in [9.17, 15) is 9.59 Å². The number of unbranched alkanes of at least 4 members (excludes halogenated alkanes) is 1. The lowest BCUT2D eigenvalue weighted by Crippen LogP contribution is -2.23. The van der Waals surface area contributed by atoms with E-state index < -0.39 is 11.6 Å². The second-order valence-electron chi connectivity index (χ2n) is 5.07. The molecule has 0 rings (SSSR count). The van der Waals surface area contributed by atoms with Crippen molar-refractivity contribution in [1.82, 2.24) is 0 Å². The molecule has 0 aliphatic heterocycles. The first-order valence-electron chi connectivity index (χ1n) is 5.67. The van der Waals surface area contributed by atoms with Crippen molar-refractivity contribution in [2.45, 2.75) is 59.0 Å². The molecule has 16 heavy (non-hydrogen) atoms. The molecule has 4 heteroatoms. The summed E-state index contributed by atoms with van der Waals surface area (Å²) < 4.78 is 5.14. The van der Waals surface area contributed by atoms with E-state index in [0.29, 0.717) is 19.3 Å². The smallest absolute Gasteiger partial charge is 0.306 e. The Kier molecular flexibility index (Phi) is 6.08. The van der Waals surface area contributed by atoms with Crippen molar-refractivity contribution in [3.05, 3.63) is 0 Å². The normalized spacial score (nSPS) is 13.2. The van der Waals surface area contributed by atoms with Crippen molar-refractivity contribution in [2.24, 2.45) is 5.92 Å². The third-order valence-electron chi connectivity index (χ3n) is 2.11. The second kappa shape index (κ2) is 6.51. The molecule has 0 aromatic heterocycles. The zero-order valence-corrected chi connectivity index (χ0v) is 10.6. The Labute approximate surface area is 97.0 Å². The van der Waals surface area contributed by atoms with Gasteiger partial charge < -0.3 is 9.84 Å². The lowest BCUT2D eigenvalue weighted by atomic mass is 10.0. The number of hydrogen-bond acceptors (Lipinski definition) is 3. The highest BCUT2D eigenvalue weighted by Gasteiger charge is 2.16. The van der Waals surface area contributed by atoms with Crippen LogP contribution in [0.15, 0.2) is 0 Å². The van der Waals surface area contributed by atoms with Crippen LogP contribution in [-0.2, 0) is 14.3 Å². The van der Waals surface area contributed by atoms with Gasteiger partial charge in [0.1, 0.15) is 5.60 Å². The van der Waals surface area contributed by atoms with Gasteiger partial charge in [0.15, 0.2) is 0 Å². The number of carboxylic acid groups (broad SMARTS) is 1. The first-order chi connectivity index (χ1) is 7.22. The number of aliphatic carboxylic acids is 1. The summed E-state index contributed by atoms with van der Waals surface area (Å²) in [7, 11) is 0. The maximum absolute atomic E-state index is 11.3. The van der Waals surface area contributed by atoms with Gasteiger partial charge in [0.25, 0.3) is 0 Å². The molecule has 1 unspecified atom stereocenters. The quantitative estimate of drug-likeness (QED) is 0.562. The first-order valence-corrected chi connectivity index (χ1v) is 5.67. The fourth-order valence-electron chi connectivity index (χ4n) is 1.24. The molecule has 0 fully saturated rings. The minimum absolute atomic E-state index is 0.213. The average molecular weight is 230 g/mol. The van der Waals surface area contributed by atoms with Gasteiger partial charge in [-0.3, -0.25) is 9.59 Å². The van der Waals surface area contributed by atoms with E-state index in [-0.39, 0.29) is 11.9 Å². The van der Waals surface area contributed by atoms with E-state index in [0.717, 1.165) is 6.42 Å². The van der Waals surface area contributed by atoms with Gasteiger partial charge in [-0.25, -0.2) is 0 Å². The molecule has 94 valence electrons. The molecule has 0 amide bonds. The lowest BCUT2D eigenvalue weighted by molar-refractivity contribution is -0.154. The molecule has 0 saturated carbocycles. The summed E-state index contributed by atoms with van der Waals surface area (Å²) in [5.41, 5.74) is -0.439. The van der Waals surface area contributed by atoms with Gasteiger partial charge in [-0.1, -0.05) is 13.3 Å². The topological polar surface area (TPSA) is 63.6 Å². The Hall–Kier alpha value is -1.06. The number of rotatable bonds is 6. The third kappa shape index (κ3) is 8.26. The zero-order valence-electron chi connectivity index (χ0n) is 10.6. The Morgan fingerprint density at radius 3 is 2.25 bits per heavy atom. The molecule has 0 aliphatic carbocycles. The van der Waals surface area contributed by atoms with Crippen LogP contribution >= 0.6 is 0 Å². The van der Waals surface area contributed by atoms with Gasteiger partial charge in [0.05, 0.1) is 5.92 Å². The lowest BCUT2D eigenvalue weighted by Gasteiger charge is -2.19. The van der Waals surface area contributed by atoms with Gasteiger partial charge in [-0.05, 0) is 33.6 Å². The Balaban J connectivity index is 3.60. The maximum atomic E-state index is 11.3. The molecule has 0 bridgehead atoms. The van der Waals surface area contributed by atoms with E-state index in [2.05, 4.69) is 0 Å². The van der Waals surface area contributed by atoms with E-state index in [1.54, 1.807) is 6.92 Å². The summed E-state index contributed by atoms with van der Waals surface area (Å²) in [4.78, 5) is 21.8. The molecule has 0 aromatic rings. The summed E-state index contributed by atoms with van der Waals surface area (Å²) in [6, 6.07) is 0. The fraction of sp³-hybridized carbons (Fsp3) is 0.833. The molecule has 0 radical (unpaired) electrons. The first kappa shape index (κ1) is 14.9. The standard InChI is InChI=1S/C12H22O4/c1-9(11(14)15)7-5-6-8-10(13)16-12(2,3)4/h9H,5-8H2,1-4H3,(H,14,15). The number of carboxylic acids is 1. The molecule has 1 atom stereocenters. The largest absolute Gasteiger partial charge is 0.481 e. The number of ether oxygens (including phenoxy) is 1. The van der Waals surface area contributed by atoms with Crippen molar-refractivity contribution in [1.29, 1.82) is 0 Å². The Morgan fingerprint density at radius 2 is 1.81 bits per heavy atom. The predicted octanol–water partition coefficient (Wildman–Crippen LogP) is 2.61. The predicted molar refractivity (Wildman–Crippen MR) is 61.1 cm³/mol. The second-order valence-corrected chi connectivity index (χ2v) is 5.07. The van der Waals surface area contributed by atoms with Gasteiger partial charge in [0, 0.05) is 6.42 Å². The van der Waals surface area contributed by atoms with Gasteiger partial charge in [-0.2, -0.15) is 0 Å². The van der Waals surface area contributed by atoms with Crippen molar-refractivity contribution in [3.8, 4) is 0 Å². The van der Waals surface area contributed by atoms with Gasteiger partial charge >= 0.3 is 11.9 Å². The van der Waals surface area contributed by atoms with Crippen LogP contribution in [0.5, 0.6) is 0 Å². The van der Waals surface area contributed by atoms with Crippen LogP contribution in [-0.4, -0.2) is 22.6 Å². The van der Waals surface area contributed by atoms with Gasteiger partial charge in [-0.15, -0.1) is 0 Å². The maximum Gasteiger partial charge on any atom is 0.306 e. The minimum Gasteiger partial charge on any atom is -0.481 e. The van der Waals surface area contributed by atoms with E-state index >= 15 is 0 Å². The molecule has 0 aliphatic rings. The molecule has 0 saturated heterocycles. The molecule has 0 spiro atoms. The monoisotopic (exact) mass is 230 g/mol. The SMILES string of the molecule is CC(CCCCC(=O)OC(C)(C)C)C(=O)O. The van der Waals surface area contributed by atoms with Crippen LogP contribution in [0.25, 0.3) is 0 Å². The molecule has 4 nitrogen and oxygen atoms in total. The molecule has 0 heterocycles. The van der Waals surface area contributed by atoms with Crippen LogP contribution in [0.4, 0.5) is 0 Å². The van der Waals surface area contributed by atoms with Crippen molar-refractivity contribution >= 4 is 11.9 Å². The molecular weight excluding hydrogens is 208 g/mol. The number of esters is 1. The van der Waals surface area contributed by atoms with E-state index in [4.69, 9.17) is 9.84 Å². The molecule has 1 N–H and O–H groups in total. The van der Waals surface area contributed by atoms with Crippen LogP contribution < -0.4 is 0 Å². The number of carbonyl (C=O) groups is 2. The summed E-state index contributed by atoms with van der Waals surface area (Å²) in [6.07, 6.45) is 2.40. The third-order valence-corrected chi connectivity index (χ3v) is 2.11. The van der Waals surface area contributed by atoms with Crippen LogP contribution in [0.1, 0.15) is 53.4 Å². The highest BCUT2D eigenvalue weighted by Crippen LogP contribution is 2.12. The van der Waals surface area contributed by atoms with Crippen LogP contribution in [0.2, 0.25) is 0 Å². The fourth-order valence-corrected chi connectivity index (χ4v) is 1.24. The molecular formula is C12H22O4. The minimum atomic E-state index is -0.780. The highest BCUT2D eigenvalue weighted by molar-refractivity contribution is 5.70. The van der Waals surface area contributed by atoms with Crippen LogP contribution in [0.3, 0.4) is 0 Å². The Bertz CT molecular complexity index is 240. The highest BCUT2D eigenvalue weighted by atomic mass is 16.6. The average Bonchev–Trinajstić information content (AvgIpc) is 2.08. The van der Waals surface area contributed by atoms with Crippen molar-refractivity contribution in [3.63, 3.8) is 0 Å². The van der Waals surface area contributed by atoms with E-state index in [1.165, 1.54) is 0 Å². The van der Waals surface area contributed by atoms with Crippen molar-refractivity contribution < 1.29 is 19.4 Å². The van der Waals surface area contributed by atoms with Crippen molar-refractivity contribution in [2.75, 3.05) is 0 Å². The summed E-state index contributed by atoms with van der Waals surface area (Å²) in [5.74, 6) is -1.33. The summed E-state index contributed by atoms with van der Waals surface area (Å²) >= 11 is 0. The number of hydrogen-bond donors (Lipinski definition) is 1. The van der Waals surface area contributed by atoms with Gasteiger partial charge in [0.2, 0.25) is 0 Å². The summed E-state index contributed by atoms with van der Waals surface area (Å²) in [6.45, 7) is 7.17. The number of carbonyl (C=O) groups excluding carboxylic acids is 1. The van der Waals surface area contributed by atoms with E-state index in [1.807, 2.05) is 20.8 Å². The Morgan fingerprint density at radius 1 is 1.25 bits per heavy atom. The summed E-state index contributed by atoms with van der Waals surface area (Å²) in [5, 5.41) is 8.65. The molecule has 0 aromatic carbocycles. The van der Waals surface area contributed by atoms with Crippen LogP contribution in [0, 0.1) is 5.92 Å². The zero-order chi connectivity index (χ0) is 12.8.